The highest BCUT2D eigenvalue weighted by molar-refractivity contribution is 7.09. The molecule has 1 aromatic rings. The quantitative estimate of drug-likeness (QED) is 0.747. The van der Waals surface area contributed by atoms with E-state index in [-0.39, 0.29) is 12.6 Å². The normalized spacial score (nSPS) is 16.1. The molecule has 0 saturated heterocycles. The van der Waals surface area contributed by atoms with Gasteiger partial charge in [0.25, 0.3) is 0 Å². The molecule has 0 radical (unpaired) electrons. The van der Waals surface area contributed by atoms with Crippen molar-refractivity contribution in [1.29, 1.82) is 0 Å². The van der Waals surface area contributed by atoms with E-state index in [4.69, 9.17) is 5.11 Å². The number of nitrogens with one attached hydrogen (secondary N) is 2. The molecular weight excluding hydrogens is 254 g/mol. The molecule has 7 heteroatoms. The van der Waals surface area contributed by atoms with Crippen molar-refractivity contribution in [2.24, 2.45) is 5.41 Å². The van der Waals surface area contributed by atoms with Crippen molar-refractivity contribution in [3.8, 4) is 0 Å². The van der Waals surface area contributed by atoms with Crippen molar-refractivity contribution in [2.75, 3.05) is 6.54 Å². The highest BCUT2D eigenvalue weighted by Crippen LogP contribution is 2.45. The van der Waals surface area contributed by atoms with Gasteiger partial charge in [-0.3, -0.25) is 4.79 Å². The molecule has 1 heterocycles. The van der Waals surface area contributed by atoms with E-state index < -0.39 is 11.4 Å². The maximum atomic E-state index is 11.5. The molecule has 2 rings (SSSR count). The lowest BCUT2D eigenvalue weighted by Crippen LogP contribution is -2.40. The molecule has 0 atom stereocenters. The Morgan fingerprint density at radius 1 is 1.50 bits per heavy atom. The molecule has 0 aromatic carbocycles. The summed E-state index contributed by atoms with van der Waals surface area (Å²) in [5.41, 5.74) is 0.0844. The topological polar surface area (TPSA) is 91.3 Å². The Bertz CT molecular complexity index is 468. The highest BCUT2D eigenvalue weighted by atomic mass is 32.1. The van der Waals surface area contributed by atoms with Crippen molar-refractivity contribution < 1.29 is 14.7 Å². The Labute approximate surface area is 108 Å². The van der Waals surface area contributed by atoms with Gasteiger partial charge in [-0.2, -0.15) is 0 Å². The summed E-state index contributed by atoms with van der Waals surface area (Å²) in [5.74, 6) is -0.835. The number of nitrogens with zero attached hydrogens (tertiary/aromatic N) is 1. The average molecular weight is 269 g/mol. The fraction of sp³-hybridized carbons (Fsp3) is 0.545. The van der Waals surface area contributed by atoms with Crippen LogP contribution in [0.2, 0.25) is 0 Å². The first-order valence-electron chi connectivity index (χ1n) is 5.68. The molecule has 6 nitrogen and oxygen atoms in total. The second-order valence-electron chi connectivity index (χ2n) is 4.48. The van der Waals surface area contributed by atoms with Crippen LogP contribution in [0.3, 0.4) is 0 Å². The maximum Gasteiger partial charge on any atom is 0.315 e. The number of amides is 2. The number of urea groups is 1. The van der Waals surface area contributed by atoms with Crippen LogP contribution in [-0.2, 0) is 11.3 Å². The summed E-state index contributed by atoms with van der Waals surface area (Å²) < 4.78 is 0. The third-order valence-corrected chi connectivity index (χ3v) is 3.81. The number of carboxylic acid groups (broad SMARTS) is 1. The molecule has 98 valence electrons. The van der Waals surface area contributed by atoms with E-state index >= 15 is 0 Å². The summed E-state index contributed by atoms with van der Waals surface area (Å²) in [4.78, 5) is 26.6. The van der Waals surface area contributed by atoms with Gasteiger partial charge in [0.15, 0.2) is 0 Å². The maximum absolute atomic E-state index is 11.5. The lowest BCUT2D eigenvalue weighted by atomic mass is 10.1. The van der Waals surface area contributed by atoms with Crippen molar-refractivity contribution in [3.05, 3.63) is 16.1 Å². The fourth-order valence-corrected chi connectivity index (χ4v) is 2.20. The van der Waals surface area contributed by atoms with E-state index in [0.717, 1.165) is 10.7 Å². The number of hydrogen-bond donors (Lipinski definition) is 3. The minimum absolute atomic E-state index is 0.185. The summed E-state index contributed by atoms with van der Waals surface area (Å²) in [6, 6.07) is -0.354. The van der Waals surface area contributed by atoms with Crippen LogP contribution in [0.4, 0.5) is 4.79 Å². The van der Waals surface area contributed by atoms with Crippen LogP contribution < -0.4 is 10.6 Å². The zero-order chi connectivity index (χ0) is 13.2. The fourth-order valence-electron chi connectivity index (χ4n) is 1.59. The van der Waals surface area contributed by atoms with Crippen molar-refractivity contribution in [3.63, 3.8) is 0 Å². The Morgan fingerprint density at radius 2 is 2.22 bits per heavy atom. The van der Waals surface area contributed by atoms with E-state index in [1.165, 1.54) is 11.3 Å². The highest BCUT2D eigenvalue weighted by Gasteiger charge is 2.50. The van der Waals surface area contributed by atoms with Crippen molar-refractivity contribution >= 4 is 23.3 Å². The summed E-state index contributed by atoms with van der Waals surface area (Å²) in [5, 5.41) is 17.0. The molecule has 0 unspecified atom stereocenters. The third kappa shape index (κ3) is 2.98. The molecule has 1 aliphatic carbocycles. The predicted octanol–water partition coefficient (Wildman–Crippen LogP) is 1.12. The number of rotatable bonds is 5. The average Bonchev–Trinajstić information content (AvgIpc) is 3.02. The van der Waals surface area contributed by atoms with Gasteiger partial charge < -0.3 is 15.7 Å². The van der Waals surface area contributed by atoms with E-state index in [1.54, 1.807) is 0 Å². The number of thiazole rings is 1. The third-order valence-electron chi connectivity index (χ3n) is 2.99. The first-order chi connectivity index (χ1) is 8.52. The number of aromatic nitrogens is 1. The molecule has 1 aromatic heterocycles. The minimum atomic E-state index is -0.835. The first kappa shape index (κ1) is 12.8. The van der Waals surface area contributed by atoms with Gasteiger partial charge in [-0.05, 0) is 19.8 Å². The van der Waals surface area contributed by atoms with Gasteiger partial charge in [0.05, 0.1) is 22.7 Å². The Balaban J connectivity index is 1.71. The van der Waals surface area contributed by atoms with Gasteiger partial charge >= 0.3 is 12.0 Å². The van der Waals surface area contributed by atoms with Gasteiger partial charge in [0.1, 0.15) is 0 Å². The number of hydrogen-bond acceptors (Lipinski definition) is 4. The zero-order valence-corrected chi connectivity index (χ0v) is 10.8. The Hall–Kier alpha value is -1.63. The Morgan fingerprint density at radius 3 is 2.72 bits per heavy atom. The van der Waals surface area contributed by atoms with E-state index in [0.29, 0.717) is 19.4 Å². The summed E-state index contributed by atoms with van der Waals surface area (Å²) in [7, 11) is 0. The first-order valence-corrected chi connectivity index (χ1v) is 6.56. The zero-order valence-electron chi connectivity index (χ0n) is 10.0. The van der Waals surface area contributed by atoms with Gasteiger partial charge in [-0.25, -0.2) is 9.78 Å². The van der Waals surface area contributed by atoms with E-state index in [1.807, 2.05) is 12.3 Å². The van der Waals surface area contributed by atoms with Crippen molar-refractivity contribution in [1.82, 2.24) is 15.6 Å². The summed E-state index contributed by atoms with van der Waals surface area (Å²) in [6.45, 7) is 2.44. The smallest absolute Gasteiger partial charge is 0.315 e. The van der Waals surface area contributed by atoms with Gasteiger partial charge in [-0.1, -0.05) is 0 Å². The number of aliphatic carboxylic acids is 1. The monoisotopic (exact) mass is 269 g/mol. The molecule has 1 fully saturated rings. The SMILES string of the molecule is Cc1nc(CNC(=O)NCC2(C(=O)O)CC2)cs1. The molecular formula is C11H15N3O3S. The minimum Gasteiger partial charge on any atom is -0.481 e. The van der Waals surface area contributed by atoms with E-state index in [9.17, 15) is 9.59 Å². The van der Waals surface area contributed by atoms with Crippen LogP contribution in [0, 0.1) is 12.3 Å². The second kappa shape index (κ2) is 4.93. The number of carbonyl (C=O) groups is 2. The van der Waals surface area contributed by atoms with Gasteiger partial charge in [0, 0.05) is 11.9 Å². The molecule has 18 heavy (non-hydrogen) atoms. The van der Waals surface area contributed by atoms with Gasteiger partial charge in [0.2, 0.25) is 0 Å². The standard InChI is InChI=1S/C11H15N3O3S/c1-7-14-8(5-18-7)4-12-10(17)13-6-11(2-3-11)9(15)16/h5H,2-4,6H2,1H3,(H,15,16)(H2,12,13,17). The molecule has 3 N–H and O–H groups in total. The van der Waals surface area contributed by atoms with E-state index in [2.05, 4.69) is 15.6 Å². The largest absolute Gasteiger partial charge is 0.481 e. The van der Waals surface area contributed by atoms with Crippen molar-refractivity contribution in [2.45, 2.75) is 26.3 Å². The van der Waals surface area contributed by atoms with Crippen LogP contribution in [0.1, 0.15) is 23.5 Å². The van der Waals surface area contributed by atoms with Gasteiger partial charge in [-0.15, -0.1) is 11.3 Å². The lowest BCUT2D eigenvalue weighted by Gasteiger charge is -2.11. The predicted molar refractivity (Wildman–Crippen MR) is 66.4 cm³/mol. The number of carboxylic acids is 1. The van der Waals surface area contributed by atoms with Crippen LogP contribution in [0.25, 0.3) is 0 Å². The number of aryl methyl sites for hydroxylation is 1. The molecule has 2 amide bonds. The molecule has 0 spiro atoms. The molecule has 0 bridgehead atoms. The Kier molecular flexibility index (Phi) is 3.51. The van der Waals surface area contributed by atoms with Crippen LogP contribution in [0.15, 0.2) is 5.38 Å². The molecule has 1 saturated carbocycles. The number of carbonyl (C=O) groups excluding carboxylic acids is 1. The molecule has 0 aliphatic heterocycles. The summed E-state index contributed by atoms with van der Waals surface area (Å²) >= 11 is 1.53. The molecule has 1 aliphatic rings. The van der Waals surface area contributed by atoms with Crippen LogP contribution in [0.5, 0.6) is 0 Å². The van der Waals surface area contributed by atoms with Crippen LogP contribution >= 0.6 is 11.3 Å². The second-order valence-corrected chi connectivity index (χ2v) is 5.54. The summed E-state index contributed by atoms with van der Waals surface area (Å²) in [6.07, 6.45) is 1.27. The lowest BCUT2D eigenvalue weighted by molar-refractivity contribution is -0.143. The van der Waals surface area contributed by atoms with Crippen LogP contribution in [-0.4, -0.2) is 28.6 Å².